The van der Waals surface area contributed by atoms with Crippen LogP contribution in [-0.4, -0.2) is 18.1 Å². The fourth-order valence-corrected chi connectivity index (χ4v) is 3.77. The molecule has 1 aliphatic rings. The Morgan fingerprint density at radius 2 is 1.94 bits per heavy atom. The molecule has 1 aromatic rings. The lowest BCUT2D eigenvalue weighted by molar-refractivity contribution is -0.137. The van der Waals surface area contributed by atoms with Crippen LogP contribution in [0.3, 0.4) is 0 Å². The molecule has 0 amide bonds. The van der Waals surface area contributed by atoms with E-state index in [-0.39, 0.29) is 6.04 Å². The second-order valence-corrected chi connectivity index (χ2v) is 5.78. The summed E-state index contributed by atoms with van der Waals surface area (Å²) in [6.45, 7) is 0. The normalized spacial score (nSPS) is 22.1. The molecule has 0 radical (unpaired) electrons. The van der Waals surface area contributed by atoms with Gasteiger partial charge in [0.25, 0.3) is 0 Å². The minimum absolute atomic E-state index is 0.139. The Kier molecular flexibility index (Phi) is 4.22. The van der Waals surface area contributed by atoms with Gasteiger partial charge in [-0.2, -0.15) is 24.9 Å². The van der Waals surface area contributed by atoms with E-state index in [1.165, 1.54) is 18.6 Å². The minimum Gasteiger partial charge on any atom is -0.312 e. The van der Waals surface area contributed by atoms with Crippen LogP contribution >= 0.6 is 11.8 Å². The van der Waals surface area contributed by atoms with Crippen LogP contribution in [0.1, 0.15) is 30.0 Å². The van der Waals surface area contributed by atoms with Crippen molar-refractivity contribution in [2.24, 2.45) is 0 Å². The fraction of sp³-hybridized carbons (Fsp3) is 0.538. The van der Waals surface area contributed by atoms with Gasteiger partial charge in [-0.05, 0) is 43.3 Å². The van der Waals surface area contributed by atoms with Gasteiger partial charge in [-0.15, -0.1) is 0 Å². The number of rotatable bonds is 3. The maximum atomic E-state index is 12.5. The molecule has 1 nitrogen and oxygen atoms in total. The zero-order chi connectivity index (χ0) is 13.2. The third-order valence-corrected chi connectivity index (χ3v) is 4.71. The van der Waals surface area contributed by atoms with E-state index in [0.29, 0.717) is 5.25 Å². The highest BCUT2D eigenvalue weighted by Gasteiger charge is 2.31. The highest BCUT2D eigenvalue weighted by Crippen LogP contribution is 2.37. The summed E-state index contributed by atoms with van der Waals surface area (Å²) in [6, 6.07) is 5.64. The molecule has 2 atom stereocenters. The van der Waals surface area contributed by atoms with Crippen LogP contribution in [0.2, 0.25) is 0 Å². The lowest BCUT2D eigenvalue weighted by Crippen LogP contribution is -2.25. The summed E-state index contributed by atoms with van der Waals surface area (Å²) >= 11 is 1.89. The van der Waals surface area contributed by atoms with E-state index in [1.807, 2.05) is 18.8 Å². The Morgan fingerprint density at radius 3 is 2.39 bits per heavy atom. The number of hydrogen-bond donors (Lipinski definition) is 1. The lowest BCUT2D eigenvalue weighted by Gasteiger charge is -2.23. The summed E-state index contributed by atoms with van der Waals surface area (Å²) < 4.78 is 37.5. The smallest absolute Gasteiger partial charge is 0.312 e. The summed E-state index contributed by atoms with van der Waals surface area (Å²) in [7, 11) is 1.86. The first-order valence-corrected chi connectivity index (χ1v) is 7.03. The standard InChI is InChI=1S/C13H16F3NS/c1-17-12(11-3-2-8-18-11)9-4-6-10(7-5-9)13(14,15)16/h4-7,11-12,17H,2-3,8H2,1H3. The van der Waals surface area contributed by atoms with Crippen molar-refractivity contribution in [2.75, 3.05) is 12.8 Å². The van der Waals surface area contributed by atoms with Gasteiger partial charge in [-0.3, -0.25) is 0 Å². The highest BCUT2D eigenvalue weighted by atomic mass is 32.2. The van der Waals surface area contributed by atoms with Crippen LogP contribution in [0, 0.1) is 0 Å². The molecule has 100 valence electrons. The Bertz CT molecular complexity index is 382. The molecular weight excluding hydrogens is 259 g/mol. The predicted molar refractivity (Wildman–Crippen MR) is 68.7 cm³/mol. The lowest BCUT2D eigenvalue weighted by atomic mass is 9.99. The molecule has 0 aromatic heterocycles. The SMILES string of the molecule is CNC(c1ccc(C(F)(F)F)cc1)C1CCCS1. The molecule has 0 bridgehead atoms. The van der Waals surface area contributed by atoms with E-state index >= 15 is 0 Å². The van der Waals surface area contributed by atoms with Gasteiger partial charge in [0.05, 0.1) is 5.56 Å². The van der Waals surface area contributed by atoms with Crippen LogP contribution in [0.15, 0.2) is 24.3 Å². The van der Waals surface area contributed by atoms with Crippen molar-refractivity contribution >= 4 is 11.8 Å². The molecular formula is C13H16F3NS. The maximum absolute atomic E-state index is 12.5. The summed E-state index contributed by atoms with van der Waals surface area (Å²) in [5, 5.41) is 3.68. The van der Waals surface area contributed by atoms with Gasteiger partial charge in [0.15, 0.2) is 0 Å². The van der Waals surface area contributed by atoms with Gasteiger partial charge in [-0.25, -0.2) is 0 Å². The van der Waals surface area contributed by atoms with Gasteiger partial charge in [-0.1, -0.05) is 12.1 Å². The van der Waals surface area contributed by atoms with Crippen molar-refractivity contribution in [1.29, 1.82) is 0 Å². The zero-order valence-electron chi connectivity index (χ0n) is 10.1. The number of thioether (sulfide) groups is 1. The zero-order valence-corrected chi connectivity index (χ0v) is 10.9. The molecule has 1 N–H and O–H groups in total. The highest BCUT2D eigenvalue weighted by molar-refractivity contribution is 8.00. The topological polar surface area (TPSA) is 12.0 Å². The number of benzene rings is 1. The molecule has 2 unspecified atom stereocenters. The molecule has 1 aromatic carbocycles. The second-order valence-electron chi connectivity index (χ2n) is 4.44. The van der Waals surface area contributed by atoms with Crippen LogP contribution in [0.5, 0.6) is 0 Å². The summed E-state index contributed by atoms with van der Waals surface area (Å²) in [5.41, 5.74) is 0.352. The molecule has 5 heteroatoms. The molecule has 0 saturated carbocycles. The Labute approximate surface area is 109 Å². The van der Waals surface area contributed by atoms with Gasteiger partial charge in [0.2, 0.25) is 0 Å². The minimum atomic E-state index is -4.25. The van der Waals surface area contributed by atoms with E-state index < -0.39 is 11.7 Å². The van der Waals surface area contributed by atoms with Crippen molar-refractivity contribution in [3.05, 3.63) is 35.4 Å². The largest absolute Gasteiger partial charge is 0.416 e. The number of nitrogens with one attached hydrogen (secondary N) is 1. The summed E-state index contributed by atoms with van der Waals surface area (Å²) in [6.07, 6.45) is -1.94. The van der Waals surface area contributed by atoms with E-state index in [1.54, 1.807) is 12.1 Å². The number of alkyl halides is 3. The van der Waals surface area contributed by atoms with E-state index in [0.717, 1.165) is 17.7 Å². The monoisotopic (exact) mass is 275 g/mol. The summed E-state index contributed by atoms with van der Waals surface area (Å²) in [4.78, 5) is 0. The molecule has 1 fully saturated rings. The molecule has 2 rings (SSSR count). The van der Waals surface area contributed by atoms with Gasteiger partial charge < -0.3 is 5.32 Å². The van der Waals surface area contributed by atoms with Crippen LogP contribution in [-0.2, 0) is 6.18 Å². The summed E-state index contributed by atoms with van der Waals surface area (Å²) in [5.74, 6) is 1.14. The molecule has 0 spiro atoms. The number of hydrogen-bond acceptors (Lipinski definition) is 2. The first-order chi connectivity index (χ1) is 8.52. The average molecular weight is 275 g/mol. The Hall–Kier alpha value is -0.680. The quantitative estimate of drug-likeness (QED) is 0.899. The van der Waals surface area contributed by atoms with Crippen molar-refractivity contribution < 1.29 is 13.2 Å². The number of halogens is 3. The Morgan fingerprint density at radius 1 is 1.28 bits per heavy atom. The maximum Gasteiger partial charge on any atom is 0.416 e. The second kappa shape index (κ2) is 5.53. The van der Waals surface area contributed by atoms with Gasteiger partial charge in [0, 0.05) is 11.3 Å². The van der Waals surface area contributed by atoms with Crippen molar-refractivity contribution in [3.8, 4) is 0 Å². The van der Waals surface area contributed by atoms with Gasteiger partial charge in [0.1, 0.15) is 0 Å². The first-order valence-electron chi connectivity index (χ1n) is 5.98. The van der Waals surface area contributed by atoms with Crippen molar-refractivity contribution in [3.63, 3.8) is 0 Å². The molecule has 1 saturated heterocycles. The first kappa shape index (κ1) is 13.7. The van der Waals surface area contributed by atoms with Crippen LogP contribution in [0.25, 0.3) is 0 Å². The third-order valence-electron chi connectivity index (χ3n) is 3.24. The molecule has 18 heavy (non-hydrogen) atoms. The van der Waals surface area contributed by atoms with E-state index in [2.05, 4.69) is 5.32 Å². The van der Waals surface area contributed by atoms with Crippen LogP contribution in [0.4, 0.5) is 13.2 Å². The molecule has 1 heterocycles. The van der Waals surface area contributed by atoms with Gasteiger partial charge >= 0.3 is 6.18 Å². The Balaban J connectivity index is 2.16. The van der Waals surface area contributed by atoms with E-state index in [4.69, 9.17) is 0 Å². The van der Waals surface area contributed by atoms with Crippen LogP contribution < -0.4 is 5.32 Å². The van der Waals surface area contributed by atoms with Crippen molar-refractivity contribution in [1.82, 2.24) is 5.32 Å². The average Bonchev–Trinajstić information content (AvgIpc) is 2.83. The predicted octanol–water partition coefficient (Wildman–Crippen LogP) is 3.86. The molecule has 0 aliphatic carbocycles. The van der Waals surface area contributed by atoms with Crippen molar-refractivity contribution in [2.45, 2.75) is 30.3 Å². The fourth-order valence-electron chi connectivity index (χ4n) is 2.31. The van der Waals surface area contributed by atoms with E-state index in [9.17, 15) is 13.2 Å². The molecule has 1 aliphatic heterocycles. The third kappa shape index (κ3) is 3.01.